The summed E-state index contributed by atoms with van der Waals surface area (Å²) in [7, 11) is -5.22. The molecule has 1 aliphatic heterocycles. The lowest BCUT2D eigenvalue weighted by atomic mass is 9.77. The van der Waals surface area contributed by atoms with Crippen LogP contribution in [0.2, 0.25) is 0 Å². The molecule has 2 aromatic carbocycles. The van der Waals surface area contributed by atoms with Crippen LogP contribution in [0.15, 0.2) is 41.3 Å². The highest BCUT2D eigenvalue weighted by Gasteiger charge is 2.30. The molecule has 1 fully saturated rings. The molecule has 0 spiro atoms. The van der Waals surface area contributed by atoms with E-state index in [4.69, 9.17) is 0 Å². The predicted molar refractivity (Wildman–Crippen MR) is 90.9 cm³/mol. The van der Waals surface area contributed by atoms with E-state index in [2.05, 4.69) is 6.92 Å². The molecule has 7 heteroatoms. The zero-order chi connectivity index (χ0) is 16.6. The van der Waals surface area contributed by atoms with Gasteiger partial charge in [-0.1, -0.05) is 37.3 Å². The van der Waals surface area contributed by atoms with Crippen molar-refractivity contribution in [2.24, 2.45) is 5.92 Å². The molecular formula is C16H20BNO4S. The van der Waals surface area contributed by atoms with Gasteiger partial charge in [0.15, 0.2) is 0 Å². The third kappa shape index (κ3) is 3.02. The zero-order valence-electron chi connectivity index (χ0n) is 13.0. The van der Waals surface area contributed by atoms with Gasteiger partial charge in [-0.3, -0.25) is 0 Å². The molecule has 2 N–H and O–H groups in total. The zero-order valence-corrected chi connectivity index (χ0v) is 13.8. The second-order valence-electron chi connectivity index (χ2n) is 6.16. The van der Waals surface area contributed by atoms with Crippen LogP contribution in [0.25, 0.3) is 10.8 Å². The van der Waals surface area contributed by atoms with Crippen LogP contribution in [0, 0.1) is 5.92 Å². The Labute approximate surface area is 136 Å². The summed E-state index contributed by atoms with van der Waals surface area (Å²) in [4.78, 5) is 0.229. The van der Waals surface area contributed by atoms with E-state index in [1.807, 2.05) is 0 Å². The highest BCUT2D eigenvalue weighted by molar-refractivity contribution is 7.89. The van der Waals surface area contributed by atoms with Gasteiger partial charge in [-0.2, -0.15) is 4.31 Å². The fraction of sp³-hybridized carbons (Fsp3) is 0.375. The first-order valence-corrected chi connectivity index (χ1v) is 9.23. The first-order valence-electron chi connectivity index (χ1n) is 7.79. The fourth-order valence-electron chi connectivity index (χ4n) is 3.11. The molecule has 0 atom stereocenters. The Morgan fingerprint density at radius 2 is 1.65 bits per heavy atom. The maximum Gasteiger partial charge on any atom is 0.489 e. The van der Waals surface area contributed by atoms with E-state index >= 15 is 0 Å². The minimum absolute atomic E-state index is 0.229. The first-order chi connectivity index (χ1) is 10.9. The van der Waals surface area contributed by atoms with Crippen LogP contribution in [0.4, 0.5) is 0 Å². The number of benzene rings is 2. The number of nitrogens with zero attached hydrogens (tertiary/aromatic N) is 1. The van der Waals surface area contributed by atoms with E-state index in [1.165, 1.54) is 16.4 Å². The normalized spacial score (nSPS) is 17.5. The summed E-state index contributed by atoms with van der Waals surface area (Å²) >= 11 is 0. The van der Waals surface area contributed by atoms with Gasteiger partial charge in [-0.15, -0.1) is 0 Å². The lowest BCUT2D eigenvalue weighted by Gasteiger charge is -2.29. The number of sulfonamides is 1. The van der Waals surface area contributed by atoms with Crippen molar-refractivity contribution in [1.82, 2.24) is 4.31 Å². The molecule has 0 amide bonds. The van der Waals surface area contributed by atoms with E-state index in [0.29, 0.717) is 35.2 Å². The molecule has 1 aliphatic rings. The topological polar surface area (TPSA) is 77.8 Å². The van der Waals surface area contributed by atoms with Gasteiger partial charge >= 0.3 is 7.12 Å². The fourth-order valence-corrected chi connectivity index (χ4v) is 4.77. The van der Waals surface area contributed by atoms with Crippen molar-refractivity contribution in [1.29, 1.82) is 0 Å². The second-order valence-corrected chi connectivity index (χ2v) is 8.07. The highest BCUT2D eigenvalue weighted by Crippen LogP contribution is 2.28. The number of hydrogen-bond donors (Lipinski definition) is 2. The highest BCUT2D eigenvalue weighted by atomic mass is 32.2. The Morgan fingerprint density at radius 3 is 2.26 bits per heavy atom. The van der Waals surface area contributed by atoms with Crippen molar-refractivity contribution < 1.29 is 18.5 Å². The summed E-state index contributed by atoms with van der Waals surface area (Å²) in [5.74, 6) is 0.546. The molecule has 0 radical (unpaired) electrons. The molecule has 0 bridgehead atoms. The van der Waals surface area contributed by atoms with E-state index in [1.54, 1.807) is 24.3 Å². The molecule has 0 aliphatic carbocycles. The van der Waals surface area contributed by atoms with E-state index in [0.717, 1.165) is 12.8 Å². The summed E-state index contributed by atoms with van der Waals surface area (Å²) in [6, 6.07) is 9.89. The van der Waals surface area contributed by atoms with Gasteiger partial charge in [-0.05, 0) is 35.7 Å². The third-order valence-corrected chi connectivity index (χ3v) is 6.51. The van der Waals surface area contributed by atoms with E-state index < -0.39 is 17.1 Å². The van der Waals surface area contributed by atoms with Crippen LogP contribution < -0.4 is 5.46 Å². The molecule has 2 aromatic rings. The Morgan fingerprint density at radius 1 is 1.04 bits per heavy atom. The van der Waals surface area contributed by atoms with Gasteiger partial charge in [0, 0.05) is 18.5 Å². The largest absolute Gasteiger partial charge is 0.489 e. The molecule has 1 heterocycles. The predicted octanol–water partition coefficient (Wildman–Crippen LogP) is 0.940. The molecule has 122 valence electrons. The van der Waals surface area contributed by atoms with Crippen molar-refractivity contribution in [3.8, 4) is 0 Å². The molecule has 5 nitrogen and oxygen atoms in total. The van der Waals surface area contributed by atoms with Crippen LogP contribution in [-0.4, -0.2) is 43.0 Å². The first kappa shape index (κ1) is 16.5. The molecule has 0 aromatic heterocycles. The van der Waals surface area contributed by atoms with E-state index in [9.17, 15) is 18.5 Å². The molecule has 3 rings (SSSR count). The molecule has 0 unspecified atom stereocenters. The number of rotatable bonds is 3. The Kier molecular flexibility index (Phi) is 4.46. The lowest BCUT2D eigenvalue weighted by Crippen LogP contribution is -2.38. The summed E-state index contributed by atoms with van der Waals surface area (Å²) in [6.45, 7) is 3.20. The minimum Gasteiger partial charge on any atom is -0.423 e. The Hall–Kier alpha value is -1.41. The van der Waals surface area contributed by atoms with Crippen molar-refractivity contribution in [3.05, 3.63) is 36.4 Å². The summed E-state index contributed by atoms with van der Waals surface area (Å²) in [5.41, 5.74) is 0.312. The summed E-state index contributed by atoms with van der Waals surface area (Å²) in [6.07, 6.45) is 1.73. The molecule has 1 saturated heterocycles. The average Bonchev–Trinajstić information content (AvgIpc) is 2.54. The number of fused-ring (bicyclic) bond motifs is 1. The Bertz CT molecular complexity index is 814. The smallest absolute Gasteiger partial charge is 0.423 e. The van der Waals surface area contributed by atoms with Crippen molar-refractivity contribution in [2.75, 3.05) is 13.1 Å². The maximum absolute atomic E-state index is 13.0. The monoisotopic (exact) mass is 333 g/mol. The molecule has 0 saturated carbocycles. The van der Waals surface area contributed by atoms with Crippen LogP contribution in [0.3, 0.4) is 0 Å². The van der Waals surface area contributed by atoms with Gasteiger partial charge in [0.25, 0.3) is 0 Å². The van der Waals surface area contributed by atoms with Gasteiger partial charge in [0.05, 0.1) is 4.90 Å². The summed E-state index contributed by atoms with van der Waals surface area (Å²) < 4.78 is 27.5. The number of hydrogen-bond acceptors (Lipinski definition) is 4. The third-order valence-electron chi connectivity index (χ3n) is 4.56. The molecular weight excluding hydrogens is 313 g/mol. The van der Waals surface area contributed by atoms with E-state index in [-0.39, 0.29) is 4.90 Å². The van der Waals surface area contributed by atoms with Crippen LogP contribution >= 0.6 is 0 Å². The van der Waals surface area contributed by atoms with Crippen molar-refractivity contribution >= 4 is 33.4 Å². The van der Waals surface area contributed by atoms with Gasteiger partial charge in [0.1, 0.15) is 0 Å². The van der Waals surface area contributed by atoms with Crippen LogP contribution in [-0.2, 0) is 10.0 Å². The lowest BCUT2D eigenvalue weighted by molar-refractivity contribution is 0.288. The maximum atomic E-state index is 13.0. The van der Waals surface area contributed by atoms with Gasteiger partial charge in [0.2, 0.25) is 10.0 Å². The second kappa shape index (κ2) is 6.24. The van der Waals surface area contributed by atoms with Crippen LogP contribution in [0.5, 0.6) is 0 Å². The molecule has 23 heavy (non-hydrogen) atoms. The van der Waals surface area contributed by atoms with Crippen LogP contribution in [0.1, 0.15) is 19.8 Å². The van der Waals surface area contributed by atoms with Gasteiger partial charge < -0.3 is 10.0 Å². The van der Waals surface area contributed by atoms with Crippen molar-refractivity contribution in [3.63, 3.8) is 0 Å². The number of piperidine rings is 1. The minimum atomic E-state index is -3.58. The average molecular weight is 333 g/mol. The summed E-state index contributed by atoms with van der Waals surface area (Å²) in [5, 5.41) is 20.1. The standard InChI is InChI=1S/C16H20BNO4S/c1-12-8-10-18(11-9-12)23(21,22)16-7-6-15(17(19)20)13-4-2-3-5-14(13)16/h2-7,12,19-20H,8-11H2,1H3. The SMILES string of the molecule is CC1CCN(S(=O)(=O)c2ccc(B(O)O)c3ccccc23)CC1. The van der Waals surface area contributed by atoms with Gasteiger partial charge in [-0.25, -0.2) is 8.42 Å². The van der Waals surface area contributed by atoms with Crippen molar-refractivity contribution in [2.45, 2.75) is 24.7 Å². The Balaban J connectivity index is 2.11. The quantitative estimate of drug-likeness (QED) is 0.820.